The standard InChI is InChI=1S/C28H26F3NO5S2/c1-20(2)18-32(38(33,34)26-14-13-22-8-3-4-9-23(22)16-26)19-21-7-5-11-25(15-21)37-39(35,36)27-12-6-10-24(17-27)28(29,30)31/h3-17,20H,18-19H2,1-2H3. The molecule has 0 bridgehead atoms. The second kappa shape index (κ2) is 11.0. The fourth-order valence-corrected chi connectivity index (χ4v) is 6.63. The molecular weight excluding hydrogens is 551 g/mol. The largest absolute Gasteiger partial charge is 0.416 e. The quantitative estimate of drug-likeness (QED) is 0.213. The maximum atomic E-state index is 13.6. The molecule has 0 N–H and O–H groups in total. The number of benzene rings is 4. The number of halogens is 3. The summed E-state index contributed by atoms with van der Waals surface area (Å²) < 4.78 is 98.3. The predicted molar refractivity (Wildman–Crippen MR) is 142 cm³/mol. The Morgan fingerprint density at radius 3 is 2.15 bits per heavy atom. The molecule has 11 heteroatoms. The Bertz CT molecular complexity index is 1700. The van der Waals surface area contributed by atoms with Crippen LogP contribution in [0.4, 0.5) is 13.2 Å². The van der Waals surface area contributed by atoms with Crippen molar-refractivity contribution in [2.45, 2.75) is 36.4 Å². The van der Waals surface area contributed by atoms with E-state index in [1.165, 1.54) is 22.5 Å². The Labute approximate surface area is 225 Å². The van der Waals surface area contributed by atoms with E-state index < -0.39 is 36.8 Å². The van der Waals surface area contributed by atoms with Crippen LogP contribution in [0.5, 0.6) is 5.75 Å². The van der Waals surface area contributed by atoms with Crippen molar-refractivity contribution in [3.8, 4) is 5.75 Å². The summed E-state index contributed by atoms with van der Waals surface area (Å²) in [7, 11) is -8.51. The molecular formula is C28H26F3NO5S2. The van der Waals surface area contributed by atoms with Crippen molar-refractivity contribution in [3.63, 3.8) is 0 Å². The van der Waals surface area contributed by atoms with Crippen LogP contribution in [0, 0.1) is 5.92 Å². The zero-order valence-electron chi connectivity index (χ0n) is 21.1. The number of sulfonamides is 1. The van der Waals surface area contributed by atoms with E-state index in [4.69, 9.17) is 4.18 Å². The number of rotatable bonds is 9. The van der Waals surface area contributed by atoms with Gasteiger partial charge in [0.15, 0.2) is 0 Å². The topological polar surface area (TPSA) is 80.8 Å². The third-order valence-corrected chi connectivity index (χ3v) is 8.89. The van der Waals surface area contributed by atoms with Gasteiger partial charge in [0, 0.05) is 13.1 Å². The lowest BCUT2D eigenvalue weighted by atomic mass is 10.1. The summed E-state index contributed by atoms with van der Waals surface area (Å²) >= 11 is 0. The Morgan fingerprint density at radius 2 is 1.46 bits per heavy atom. The molecule has 206 valence electrons. The zero-order valence-corrected chi connectivity index (χ0v) is 22.7. The van der Waals surface area contributed by atoms with E-state index in [1.54, 1.807) is 24.3 Å². The van der Waals surface area contributed by atoms with Crippen LogP contribution in [-0.4, -0.2) is 27.7 Å². The molecule has 0 saturated carbocycles. The Morgan fingerprint density at radius 1 is 0.769 bits per heavy atom. The first-order valence-electron chi connectivity index (χ1n) is 12.0. The van der Waals surface area contributed by atoms with Crippen LogP contribution in [0.15, 0.2) is 101 Å². The first kappa shape index (κ1) is 28.6. The monoisotopic (exact) mass is 577 g/mol. The van der Waals surface area contributed by atoms with Crippen LogP contribution in [0.1, 0.15) is 25.0 Å². The van der Waals surface area contributed by atoms with Gasteiger partial charge in [-0.05, 0) is 64.7 Å². The Hall–Kier alpha value is -3.41. The average molecular weight is 578 g/mol. The van der Waals surface area contributed by atoms with Crippen molar-refractivity contribution < 1.29 is 34.2 Å². The minimum atomic E-state index is -4.72. The van der Waals surface area contributed by atoms with Gasteiger partial charge in [-0.3, -0.25) is 0 Å². The molecule has 39 heavy (non-hydrogen) atoms. The lowest BCUT2D eigenvalue weighted by Crippen LogP contribution is -2.33. The van der Waals surface area contributed by atoms with E-state index in [1.807, 2.05) is 38.1 Å². The second-order valence-electron chi connectivity index (χ2n) is 9.41. The molecule has 0 saturated heterocycles. The smallest absolute Gasteiger partial charge is 0.379 e. The van der Waals surface area contributed by atoms with E-state index in [2.05, 4.69) is 0 Å². The minimum absolute atomic E-state index is 0.0130. The van der Waals surface area contributed by atoms with Crippen LogP contribution in [0.25, 0.3) is 10.8 Å². The Kier molecular flexibility index (Phi) is 8.06. The van der Waals surface area contributed by atoms with E-state index in [0.717, 1.165) is 29.0 Å². The normalized spacial score (nSPS) is 12.8. The average Bonchev–Trinajstić information content (AvgIpc) is 2.87. The highest BCUT2D eigenvalue weighted by molar-refractivity contribution is 7.89. The van der Waals surface area contributed by atoms with Crippen molar-refractivity contribution in [1.82, 2.24) is 4.31 Å². The maximum absolute atomic E-state index is 13.6. The fraction of sp³-hybridized carbons (Fsp3) is 0.214. The third kappa shape index (κ3) is 6.78. The molecule has 4 rings (SSSR count). The van der Waals surface area contributed by atoms with Crippen LogP contribution < -0.4 is 4.18 Å². The van der Waals surface area contributed by atoms with Gasteiger partial charge < -0.3 is 4.18 Å². The SMILES string of the molecule is CC(C)CN(Cc1cccc(OS(=O)(=O)c2cccc(C(F)(F)F)c2)c1)S(=O)(=O)c1ccc2ccccc2c1. The molecule has 0 amide bonds. The van der Waals surface area contributed by atoms with Crippen LogP contribution in [0.2, 0.25) is 0 Å². The second-order valence-corrected chi connectivity index (χ2v) is 12.9. The first-order valence-corrected chi connectivity index (χ1v) is 14.8. The summed E-state index contributed by atoms with van der Waals surface area (Å²) in [5.41, 5.74) is -0.680. The van der Waals surface area contributed by atoms with Gasteiger partial charge in [0.2, 0.25) is 10.0 Å². The molecule has 0 atom stereocenters. The van der Waals surface area contributed by atoms with E-state index >= 15 is 0 Å². The molecule has 0 aliphatic rings. The summed E-state index contributed by atoms with van der Waals surface area (Å²) in [5, 5.41) is 1.68. The number of fused-ring (bicyclic) bond motifs is 1. The van der Waals surface area contributed by atoms with Crippen LogP contribution in [-0.2, 0) is 32.9 Å². The fourth-order valence-electron chi connectivity index (χ4n) is 4.03. The third-order valence-electron chi connectivity index (χ3n) is 5.84. The van der Waals surface area contributed by atoms with E-state index in [0.29, 0.717) is 11.6 Å². The van der Waals surface area contributed by atoms with Gasteiger partial charge in [0.25, 0.3) is 0 Å². The molecule has 4 aromatic carbocycles. The number of hydrogen-bond acceptors (Lipinski definition) is 5. The summed E-state index contributed by atoms with van der Waals surface area (Å²) in [4.78, 5) is -0.524. The molecule has 0 heterocycles. The van der Waals surface area contributed by atoms with Crippen molar-refractivity contribution in [1.29, 1.82) is 0 Å². The number of nitrogens with zero attached hydrogens (tertiary/aromatic N) is 1. The van der Waals surface area contributed by atoms with Gasteiger partial charge in [-0.25, -0.2) is 8.42 Å². The van der Waals surface area contributed by atoms with Gasteiger partial charge in [0.1, 0.15) is 10.6 Å². The highest BCUT2D eigenvalue weighted by atomic mass is 32.2. The number of alkyl halides is 3. The Balaban J connectivity index is 1.61. The summed E-state index contributed by atoms with van der Waals surface area (Å²) in [5.74, 6) is -0.168. The van der Waals surface area contributed by atoms with Gasteiger partial charge in [0.05, 0.1) is 10.5 Å². The summed E-state index contributed by atoms with van der Waals surface area (Å²) in [6.07, 6.45) is -4.72. The maximum Gasteiger partial charge on any atom is 0.416 e. The number of hydrogen-bond donors (Lipinski definition) is 0. The van der Waals surface area contributed by atoms with Gasteiger partial charge in [-0.15, -0.1) is 0 Å². The van der Waals surface area contributed by atoms with Gasteiger partial charge in [-0.2, -0.15) is 25.9 Å². The molecule has 0 unspecified atom stereocenters. The first-order chi connectivity index (χ1) is 18.3. The van der Waals surface area contributed by atoms with E-state index in [-0.39, 0.29) is 29.7 Å². The van der Waals surface area contributed by atoms with Crippen molar-refractivity contribution in [2.75, 3.05) is 6.54 Å². The predicted octanol–water partition coefficient (Wildman–Crippen LogP) is 6.47. The molecule has 0 fully saturated rings. The zero-order chi connectivity index (χ0) is 28.4. The highest BCUT2D eigenvalue weighted by Crippen LogP contribution is 2.31. The summed E-state index contributed by atoms with van der Waals surface area (Å²) in [6, 6.07) is 21.3. The van der Waals surface area contributed by atoms with Crippen molar-refractivity contribution >= 4 is 30.9 Å². The van der Waals surface area contributed by atoms with E-state index in [9.17, 15) is 30.0 Å². The van der Waals surface area contributed by atoms with Gasteiger partial charge in [-0.1, -0.05) is 62.4 Å². The molecule has 0 aliphatic heterocycles. The van der Waals surface area contributed by atoms with Crippen LogP contribution >= 0.6 is 0 Å². The molecule has 0 spiro atoms. The molecule has 6 nitrogen and oxygen atoms in total. The lowest BCUT2D eigenvalue weighted by molar-refractivity contribution is -0.137. The molecule has 0 aliphatic carbocycles. The van der Waals surface area contributed by atoms with Crippen molar-refractivity contribution in [3.05, 3.63) is 102 Å². The molecule has 4 aromatic rings. The highest BCUT2D eigenvalue weighted by Gasteiger charge is 2.32. The minimum Gasteiger partial charge on any atom is -0.379 e. The molecule has 0 radical (unpaired) electrons. The van der Waals surface area contributed by atoms with Crippen molar-refractivity contribution in [2.24, 2.45) is 5.92 Å². The van der Waals surface area contributed by atoms with Gasteiger partial charge >= 0.3 is 16.3 Å². The van der Waals surface area contributed by atoms with Crippen LogP contribution in [0.3, 0.4) is 0 Å². The molecule has 0 aromatic heterocycles. The summed E-state index contributed by atoms with van der Waals surface area (Å²) in [6.45, 7) is 3.88. The lowest BCUT2D eigenvalue weighted by Gasteiger charge is -2.24.